The van der Waals surface area contributed by atoms with Crippen LogP contribution in [0, 0.1) is 19.7 Å². The van der Waals surface area contributed by atoms with Crippen LogP contribution in [0.15, 0.2) is 47.5 Å². The number of hydrogen-bond acceptors (Lipinski definition) is 5. The largest absolute Gasteiger partial charge is 0.325 e. The predicted molar refractivity (Wildman–Crippen MR) is 120 cm³/mol. The van der Waals surface area contributed by atoms with Gasteiger partial charge in [-0.05, 0) is 49.2 Å². The summed E-state index contributed by atoms with van der Waals surface area (Å²) in [5.41, 5.74) is 3.45. The van der Waals surface area contributed by atoms with Gasteiger partial charge in [-0.2, -0.15) is 5.10 Å². The molecule has 0 saturated heterocycles. The molecule has 1 amide bonds. The highest BCUT2D eigenvalue weighted by Crippen LogP contribution is 2.20. The highest BCUT2D eigenvalue weighted by molar-refractivity contribution is 5.94. The Morgan fingerprint density at radius 3 is 2.82 bits per heavy atom. The number of aromatic amines is 2. The van der Waals surface area contributed by atoms with Crippen LogP contribution in [0.25, 0.3) is 11.4 Å². The summed E-state index contributed by atoms with van der Waals surface area (Å²) in [6.07, 6.45) is 3.81. The Kier molecular flexibility index (Phi) is 5.48. The smallest absolute Gasteiger partial charge is 0.310 e. The van der Waals surface area contributed by atoms with Crippen LogP contribution in [0.1, 0.15) is 38.6 Å². The first-order chi connectivity index (χ1) is 16.4. The number of rotatable bonds is 4. The lowest BCUT2D eigenvalue weighted by Gasteiger charge is -2.25. The SMILES string of the molecule is Cc1c(Cc2ccc(F)c(C(=O)N3CC[n+]4c(-c5cccnc5)n[nH]c4C3)c2)n[nH]c(=O)c1C. The molecule has 10 heteroatoms. The third-order valence-corrected chi connectivity index (χ3v) is 6.27. The van der Waals surface area contributed by atoms with E-state index in [0.717, 1.165) is 28.3 Å². The number of halogens is 1. The van der Waals surface area contributed by atoms with Crippen molar-refractivity contribution in [2.75, 3.05) is 6.54 Å². The van der Waals surface area contributed by atoms with Crippen molar-refractivity contribution in [1.82, 2.24) is 30.3 Å². The number of aromatic nitrogens is 6. The Balaban J connectivity index is 1.38. The molecular formula is C24H23FN7O2+. The van der Waals surface area contributed by atoms with Crippen molar-refractivity contribution < 1.29 is 13.8 Å². The average molecular weight is 460 g/mol. The summed E-state index contributed by atoms with van der Waals surface area (Å²) in [5.74, 6) is 0.557. The molecule has 9 nitrogen and oxygen atoms in total. The minimum Gasteiger partial charge on any atom is -0.325 e. The van der Waals surface area contributed by atoms with Gasteiger partial charge in [0.1, 0.15) is 12.4 Å². The summed E-state index contributed by atoms with van der Waals surface area (Å²) in [6.45, 7) is 4.80. The van der Waals surface area contributed by atoms with Crippen LogP contribution >= 0.6 is 0 Å². The number of nitrogens with one attached hydrogen (secondary N) is 2. The number of hydrogen-bond donors (Lipinski definition) is 2. The van der Waals surface area contributed by atoms with E-state index in [1.807, 2.05) is 23.6 Å². The number of carbonyl (C=O) groups is 1. The lowest BCUT2D eigenvalue weighted by Crippen LogP contribution is -2.52. The molecule has 1 aromatic carbocycles. The predicted octanol–water partition coefficient (Wildman–Crippen LogP) is 1.85. The normalized spacial score (nSPS) is 13.1. The Hall–Kier alpha value is -4.21. The summed E-state index contributed by atoms with van der Waals surface area (Å²) in [7, 11) is 0. The number of benzene rings is 1. The van der Waals surface area contributed by atoms with Crippen molar-refractivity contribution in [3.05, 3.63) is 92.7 Å². The topological polar surface area (TPSA) is 112 Å². The Morgan fingerprint density at radius 2 is 2.03 bits per heavy atom. The second-order valence-corrected chi connectivity index (χ2v) is 8.35. The van der Waals surface area contributed by atoms with E-state index in [4.69, 9.17) is 0 Å². The summed E-state index contributed by atoms with van der Waals surface area (Å²) < 4.78 is 16.7. The zero-order valence-electron chi connectivity index (χ0n) is 18.8. The van der Waals surface area contributed by atoms with Gasteiger partial charge in [-0.15, -0.1) is 5.10 Å². The van der Waals surface area contributed by atoms with E-state index < -0.39 is 5.82 Å². The second kappa shape index (κ2) is 8.62. The monoisotopic (exact) mass is 460 g/mol. The van der Waals surface area contributed by atoms with Gasteiger partial charge in [0.2, 0.25) is 0 Å². The van der Waals surface area contributed by atoms with Crippen LogP contribution in [-0.2, 0) is 19.5 Å². The first-order valence-electron chi connectivity index (χ1n) is 10.9. The number of nitrogens with zero attached hydrogens (tertiary/aromatic N) is 5. The Morgan fingerprint density at radius 1 is 1.18 bits per heavy atom. The van der Waals surface area contributed by atoms with Crippen LogP contribution in [0.4, 0.5) is 4.39 Å². The van der Waals surface area contributed by atoms with Crippen LogP contribution in [0.5, 0.6) is 0 Å². The van der Waals surface area contributed by atoms with Gasteiger partial charge in [-0.25, -0.2) is 14.1 Å². The minimum atomic E-state index is -0.574. The van der Waals surface area contributed by atoms with Crippen molar-refractivity contribution in [3.63, 3.8) is 0 Å². The maximum atomic E-state index is 14.7. The van der Waals surface area contributed by atoms with Crippen molar-refractivity contribution >= 4 is 5.91 Å². The summed E-state index contributed by atoms with van der Waals surface area (Å²) in [6, 6.07) is 8.27. The van der Waals surface area contributed by atoms with E-state index in [0.29, 0.717) is 30.8 Å². The van der Waals surface area contributed by atoms with E-state index in [1.54, 1.807) is 36.4 Å². The third kappa shape index (κ3) is 3.87. The minimum absolute atomic E-state index is 0.0109. The van der Waals surface area contributed by atoms with Gasteiger partial charge in [-0.1, -0.05) is 6.07 Å². The number of H-pyrrole nitrogens is 2. The van der Waals surface area contributed by atoms with Crippen molar-refractivity contribution in [2.45, 2.75) is 33.4 Å². The van der Waals surface area contributed by atoms with Crippen LogP contribution in [0.2, 0.25) is 0 Å². The van der Waals surface area contributed by atoms with Gasteiger partial charge in [0.15, 0.2) is 0 Å². The fraction of sp³-hybridized carbons (Fsp3) is 0.250. The number of amides is 1. The van der Waals surface area contributed by atoms with Gasteiger partial charge in [0, 0.05) is 29.5 Å². The molecule has 0 unspecified atom stereocenters. The number of pyridine rings is 1. The molecule has 0 saturated carbocycles. The maximum Gasteiger partial charge on any atom is 0.310 e. The molecule has 4 aromatic rings. The molecule has 3 aromatic heterocycles. The van der Waals surface area contributed by atoms with Crippen LogP contribution < -0.4 is 10.1 Å². The first kappa shape index (κ1) is 21.6. The molecule has 2 N–H and O–H groups in total. The van der Waals surface area contributed by atoms with Crippen LogP contribution in [0.3, 0.4) is 0 Å². The summed E-state index contributed by atoms with van der Waals surface area (Å²) >= 11 is 0. The Bertz CT molecular complexity index is 1450. The second-order valence-electron chi connectivity index (χ2n) is 8.35. The fourth-order valence-electron chi connectivity index (χ4n) is 4.15. The van der Waals surface area contributed by atoms with Gasteiger partial charge in [-0.3, -0.25) is 14.6 Å². The first-order valence-corrected chi connectivity index (χ1v) is 10.9. The number of fused-ring (bicyclic) bond motifs is 1. The molecule has 0 aliphatic carbocycles. The summed E-state index contributed by atoms with van der Waals surface area (Å²) in [5, 5.41) is 14.0. The molecule has 0 spiro atoms. The third-order valence-electron chi connectivity index (χ3n) is 6.27. The van der Waals surface area contributed by atoms with Gasteiger partial charge in [0.25, 0.3) is 17.3 Å². The maximum absolute atomic E-state index is 14.7. The quantitative estimate of drug-likeness (QED) is 0.452. The number of carbonyl (C=O) groups excluding carboxylic acids is 1. The molecule has 1 aliphatic heterocycles. The molecule has 1 aliphatic rings. The van der Waals surface area contributed by atoms with E-state index in [9.17, 15) is 14.0 Å². The van der Waals surface area contributed by atoms with Crippen molar-refractivity contribution in [3.8, 4) is 11.4 Å². The zero-order chi connectivity index (χ0) is 23.8. The lowest BCUT2D eigenvalue weighted by molar-refractivity contribution is -0.700. The van der Waals surface area contributed by atoms with E-state index in [2.05, 4.69) is 25.4 Å². The molecule has 0 atom stereocenters. The van der Waals surface area contributed by atoms with Gasteiger partial charge >= 0.3 is 5.82 Å². The highest BCUT2D eigenvalue weighted by Gasteiger charge is 2.31. The van der Waals surface area contributed by atoms with E-state index in [1.165, 1.54) is 6.07 Å². The molecule has 0 bridgehead atoms. The molecule has 5 rings (SSSR count). The Labute approximate surface area is 194 Å². The molecule has 34 heavy (non-hydrogen) atoms. The van der Waals surface area contributed by atoms with Gasteiger partial charge in [0.05, 0.1) is 29.9 Å². The zero-order valence-corrected chi connectivity index (χ0v) is 18.8. The van der Waals surface area contributed by atoms with Gasteiger partial charge < -0.3 is 4.90 Å². The van der Waals surface area contributed by atoms with Crippen molar-refractivity contribution in [2.24, 2.45) is 0 Å². The summed E-state index contributed by atoms with van der Waals surface area (Å²) in [4.78, 5) is 30.7. The fourth-order valence-corrected chi connectivity index (χ4v) is 4.15. The standard InChI is InChI=1S/C24H22FN7O2/c1-14-15(2)23(33)30-27-20(14)11-16-5-6-19(25)18(10-16)24(34)31-8-9-32-21(13-31)28-29-22(32)17-4-3-7-26-12-17/h3-7,10,12H,8-9,11,13H2,1-2H3,(H,30,33)/p+1. The average Bonchev–Trinajstić information content (AvgIpc) is 3.29. The van der Waals surface area contributed by atoms with E-state index >= 15 is 0 Å². The molecule has 0 radical (unpaired) electrons. The molecular weight excluding hydrogens is 437 g/mol. The van der Waals surface area contributed by atoms with Crippen molar-refractivity contribution in [1.29, 1.82) is 0 Å². The molecule has 0 fully saturated rings. The lowest BCUT2D eigenvalue weighted by atomic mass is 10.0. The highest BCUT2D eigenvalue weighted by atomic mass is 19.1. The van der Waals surface area contributed by atoms with E-state index in [-0.39, 0.29) is 23.6 Å². The molecule has 4 heterocycles. The van der Waals surface area contributed by atoms with Crippen LogP contribution in [-0.4, -0.2) is 42.7 Å². The molecule has 172 valence electrons.